The maximum absolute atomic E-state index is 4.30. The SMILES string of the molecule is CC(C)=Nc1ccc(C(C)(C)C)cn1. The molecule has 0 aliphatic heterocycles. The molecule has 0 radical (unpaired) electrons. The highest BCUT2D eigenvalue weighted by atomic mass is 14.9. The van der Waals surface area contributed by atoms with Gasteiger partial charge in [-0.1, -0.05) is 26.8 Å². The standard InChI is InChI=1S/C12H18N2/c1-9(2)14-11-7-6-10(8-13-11)12(3,4)5/h6-8H,1-5H3. The molecule has 0 aliphatic rings. The summed E-state index contributed by atoms with van der Waals surface area (Å²) < 4.78 is 0. The smallest absolute Gasteiger partial charge is 0.151 e. The van der Waals surface area contributed by atoms with Crippen LogP contribution in [0.15, 0.2) is 23.3 Å². The molecule has 0 atom stereocenters. The first-order chi connectivity index (χ1) is 6.39. The molecule has 0 unspecified atom stereocenters. The number of aliphatic imine (C=N–C) groups is 1. The van der Waals surface area contributed by atoms with E-state index in [1.807, 2.05) is 26.1 Å². The Morgan fingerprint density at radius 1 is 1.21 bits per heavy atom. The van der Waals surface area contributed by atoms with E-state index in [1.54, 1.807) is 0 Å². The summed E-state index contributed by atoms with van der Waals surface area (Å²) in [6.45, 7) is 10.5. The molecule has 2 heteroatoms. The average molecular weight is 190 g/mol. The molecule has 0 spiro atoms. The zero-order valence-electron chi connectivity index (χ0n) is 9.63. The van der Waals surface area contributed by atoms with Crippen LogP contribution in [0.4, 0.5) is 5.82 Å². The maximum Gasteiger partial charge on any atom is 0.151 e. The molecule has 0 amide bonds. The third-order valence-corrected chi connectivity index (χ3v) is 1.95. The van der Waals surface area contributed by atoms with Crippen molar-refractivity contribution in [3.8, 4) is 0 Å². The van der Waals surface area contributed by atoms with Gasteiger partial charge in [-0.15, -0.1) is 0 Å². The van der Waals surface area contributed by atoms with E-state index in [4.69, 9.17) is 0 Å². The van der Waals surface area contributed by atoms with Gasteiger partial charge in [0, 0.05) is 11.9 Å². The Labute approximate surface area is 86.1 Å². The van der Waals surface area contributed by atoms with E-state index in [2.05, 4.69) is 36.8 Å². The molecule has 0 fully saturated rings. The summed E-state index contributed by atoms with van der Waals surface area (Å²) in [6.07, 6.45) is 1.90. The lowest BCUT2D eigenvalue weighted by Crippen LogP contribution is -2.10. The van der Waals surface area contributed by atoms with Gasteiger partial charge in [0.05, 0.1) is 0 Å². The summed E-state index contributed by atoms with van der Waals surface area (Å²) >= 11 is 0. The molecule has 0 aromatic carbocycles. The molecular formula is C12H18N2. The van der Waals surface area contributed by atoms with Gasteiger partial charge in [0.25, 0.3) is 0 Å². The fourth-order valence-corrected chi connectivity index (χ4v) is 1.12. The molecule has 0 bridgehead atoms. The van der Waals surface area contributed by atoms with Crippen LogP contribution in [0.1, 0.15) is 40.2 Å². The van der Waals surface area contributed by atoms with E-state index in [0.29, 0.717) is 0 Å². The maximum atomic E-state index is 4.30. The van der Waals surface area contributed by atoms with Crippen LogP contribution in [0, 0.1) is 0 Å². The Hall–Kier alpha value is -1.18. The van der Waals surface area contributed by atoms with Gasteiger partial charge in [0.15, 0.2) is 5.82 Å². The summed E-state index contributed by atoms with van der Waals surface area (Å²) in [5.41, 5.74) is 2.43. The molecule has 14 heavy (non-hydrogen) atoms. The summed E-state index contributed by atoms with van der Waals surface area (Å²) in [5.74, 6) is 0.790. The first-order valence-corrected chi connectivity index (χ1v) is 4.88. The minimum atomic E-state index is 0.163. The Morgan fingerprint density at radius 3 is 2.21 bits per heavy atom. The molecule has 1 rings (SSSR count). The second-order valence-corrected chi connectivity index (χ2v) is 4.71. The van der Waals surface area contributed by atoms with Crippen molar-refractivity contribution in [2.45, 2.75) is 40.0 Å². The third-order valence-electron chi connectivity index (χ3n) is 1.95. The lowest BCUT2D eigenvalue weighted by Gasteiger charge is -2.17. The van der Waals surface area contributed by atoms with Crippen molar-refractivity contribution in [3.63, 3.8) is 0 Å². The number of hydrogen-bond donors (Lipinski definition) is 0. The van der Waals surface area contributed by atoms with E-state index >= 15 is 0 Å². The number of nitrogens with zero attached hydrogens (tertiary/aromatic N) is 2. The van der Waals surface area contributed by atoms with Crippen LogP contribution in [0.25, 0.3) is 0 Å². The highest BCUT2D eigenvalue weighted by Gasteiger charge is 2.13. The minimum Gasteiger partial charge on any atom is -0.239 e. The van der Waals surface area contributed by atoms with Crippen LogP contribution in [0.3, 0.4) is 0 Å². The molecule has 0 saturated carbocycles. The monoisotopic (exact) mass is 190 g/mol. The Kier molecular flexibility index (Phi) is 3.04. The Balaban J connectivity index is 2.95. The Morgan fingerprint density at radius 2 is 1.86 bits per heavy atom. The molecule has 1 aromatic rings. The van der Waals surface area contributed by atoms with Crippen molar-refractivity contribution in [3.05, 3.63) is 23.9 Å². The highest BCUT2D eigenvalue weighted by Crippen LogP contribution is 2.22. The molecular weight excluding hydrogens is 172 g/mol. The average Bonchev–Trinajstić information content (AvgIpc) is 2.02. The molecule has 0 N–H and O–H groups in total. The van der Waals surface area contributed by atoms with Crippen LogP contribution in [-0.4, -0.2) is 10.7 Å². The van der Waals surface area contributed by atoms with Crippen molar-refractivity contribution in [1.82, 2.24) is 4.98 Å². The van der Waals surface area contributed by atoms with Crippen LogP contribution in [0.2, 0.25) is 0 Å². The van der Waals surface area contributed by atoms with Gasteiger partial charge in [-0.3, -0.25) is 0 Å². The van der Waals surface area contributed by atoms with Gasteiger partial charge < -0.3 is 0 Å². The van der Waals surface area contributed by atoms with Gasteiger partial charge in [0.1, 0.15) is 0 Å². The lowest BCUT2D eigenvalue weighted by molar-refractivity contribution is 0.587. The van der Waals surface area contributed by atoms with E-state index < -0.39 is 0 Å². The summed E-state index contributed by atoms with van der Waals surface area (Å²) in [6, 6.07) is 4.06. The second kappa shape index (κ2) is 3.91. The normalized spacial score (nSPS) is 11.2. The molecule has 1 heterocycles. The van der Waals surface area contributed by atoms with Crippen LogP contribution >= 0.6 is 0 Å². The van der Waals surface area contributed by atoms with Gasteiger partial charge in [-0.05, 0) is 30.9 Å². The molecule has 76 valence electrons. The van der Waals surface area contributed by atoms with Gasteiger partial charge in [-0.25, -0.2) is 9.98 Å². The second-order valence-electron chi connectivity index (χ2n) is 4.71. The quantitative estimate of drug-likeness (QED) is 0.622. The van der Waals surface area contributed by atoms with Gasteiger partial charge in [0.2, 0.25) is 0 Å². The molecule has 0 aliphatic carbocycles. The van der Waals surface area contributed by atoms with Crippen molar-refractivity contribution in [2.24, 2.45) is 4.99 Å². The van der Waals surface area contributed by atoms with Crippen molar-refractivity contribution >= 4 is 11.5 Å². The Bertz CT molecular complexity index is 324. The largest absolute Gasteiger partial charge is 0.239 e. The minimum absolute atomic E-state index is 0.163. The number of aromatic nitrogens is 1. The third kappa shape index (κ3) is 2.95. The lowest BCUT2D eigenvalue weighted by atomic mass is 9.88. The zero-order valence-corrected chi connectivity index (χ0v) is 9.63. The zero-order chi connectivity index (χ0) is 10.8. The molecule has 0 saturated heterocycles. The van der Waals surface area contributed by atoms with Crippen LogP contribution in [0.5, 0.6) is 0 Å². The van der Waals surface area contributed by atoms with Crippen molar-refractivity contribution in [1.29, 1.82) is 0 Å². The fraction of sp³-hybridized carbons (Fsp3) is 0.500. The summed E-state index contributed by atoms with van der Waals surface area (Å²) in [4.78, 5) is 8.59. The van der Waals surface area contributed by atoms with E-state index in [-0.39, 0.29) is 5.41 Å². The van der Waals surface area contributed by atoms with Crippen LogP contribution < -0.4 is 0 Å². The predicted octanol–water partition coefficient (Wildman–Crippen LogP) is 3.49. The van der Waals surface area contributed by atoms with Gasteiger partial charge >= 0.3 is 0 Å². The molecule has 1 aromatic heterocycles. The number of pyridine rings is 1. The highest BCUT2D eigenvalue weighted by molar-refractivity contribution is 5.81. The topological polar surface area (TPSA) is 25.2 Å². The van der Waals surface area contributed by atoms with E-state index in [0.717, 1.165) is 11.5 Å². The van der Waals surface area contributed by atoms with E-state index in [1.165, 1.54) is 5.56 Å². The predicted molar refractivity (Wildman–Crippen MR) is 61.4 cm³/mol. The molecule has 2 nitrogen and oxygen atoms in total. The van der Waals surface area contributed by atoms with E-state index in [9.17, 15) is 0 Å². The first kappa shape index (κ1) is 10.9. The van der Waals surface area contributed by atoms with Crippen molar-refractivity contribution in [2.75, 3.05) is 0 Å². The van der Waals surface area contributed by atoms with Crippen LogP contribution in [-0.2, 0) is 5.41 Å². The summed E-state index contributed by atoms with van der Waals surface area (Å²) in [5, 5.41) is 0. The number of hydrogen-bond acceptors (Lipinski definition) is 2. The first-order valence-electron chi connectivity index (χ1n) is 4.88. The fourth-order valence-electron chi connectivity index (χ4n) is 1.12. The summed E-state index contributed by atoms with van der Waals surface area (Å²) in [7, 11) is 0. The van der Waals surface area contributed by atoms with Crippen molar-refractivity contribution < 1.29 is 0 Å². The van der Waals surface area contributed by atoms with Gasteiger partial charge in [-0.2, -0.15) is 0 Å². The number of rotatable bonds is 1.